The number of methoxy groups -OCH3 is 1. The monoisotopic (exact) mass is 263 g/mol. The second-order valence-corrected chi connectivity index (χ2v) is 5.98. The van der Waals surface area contributed by atoms with Crippen LogP contribution in [0.2, 0.25) is 0 Å². The molecule has 0 bridgehead atoms. The number of rotatable bonds is 5. The molecule has 0 heterocycles. The van der Waals surface area contributed by atoms with Crippen molar-refractivity contribution in [2.75, 3.05) is 20.7 Å². The van der Waals surface area contributed by atoms with Gasteiger partial charge >= 0.3 is 5.97 Å². The molecule has 1 aromatic rings. The van der Waals surface area contributed by atoms with E-state index < -0.39 is 5.41 Å². The third-order valence-electron chi connectivity index (χ3n) is 3.34. The van der Waals surface area contributed by atoms with Crippen molar-refractivity contribution in [1.29, 1.82) is 0 Å². The molecule has 0 saturated heterocycles. The van der Waals surface area contributed by atoms with Gasteiger partial charge in [-0.3, -0.25) is 4.79 Å². The minimum absolute atomic E-state index is 0.167. The first-order valence-corrected chi connectivity index (χ1v) is 6.59. The van der Waals surface area contributed by atoms with Crippen LogP contribution in [0, 0.1) is 19.3 Å². The Bertz CT molecular complexity index is 452. The summed E-state index contributed by atoms with van der Waals surface area (Å²) in [6.45, 7) is 9.57. The molecule has 0 aliphatic rings. The van der Waals surface area contributed by atoms with Gasteiger partial charge in [-0.25, -0.2) is 0 Å². The summed E-state index contributed by atoms with van der Waals surface area (Å²) in [7, 11) is 3.47. The minimum Gasteiger partial charge on any atom is -0.469 e. The Morgan fingerprint density at radius 1 is 1.32 bits per heavy atom. The van der Waals surface area contributed by atoms with Gasteiger partial charge in [0.15, 0.2) is 0 Å². The molecule has 0 N–H and O–H groups in total. The predicted molar refractivity (Wildman–Crippen MR) is 78.0 cm³/mol. The molecular formula is C16H25NO2. The van der Waals surface area contributed by atoms with Crippen molar-refractivity contribution in [2.24, 2.45) is 5.41 Å². The van der Waals surface area contributed by atoms with Crippen molar-refractivity contribution in [3.8, 4) is 0 Å². The van der Waals surface area contributed by atoms with Gasteiger partial charge in [0.25, 0.3) is 0 Å². The number of aryl methyl sites for hydroxylation is 2. The van der Waals surface area contributed by atoms with Gasteiger partial charge in [0, 0.05) is 13.1 Å². The first kappa shape index (κ1) is 15.7. The smallest absolute Gasteiger partial charge is 0.312 e. The fourth-order valence-electron chi connectivity index (χ4n) is 2.39. The van der Waals surface area contributed by atoms with Crippen LogP contribution in [0.4, 0.5) is 0 Å². The van der Waals surface area contributed by atoms with Crippen LogP contribution in [0.15, 0.2) is 18.2 Å². The number of esters is 1. The molecule has 0 spiro atoms. The van der Waals surface area contributed by atoms with Gasteiger partial charge < -0.3 is 9.64 Å². The molecule has 1 rings (SSSR count). The summed E-state index contributed by atoms with van der Waals surface area (Å²) in [6.07, 6.45) is 0. The van der Waals surface area contributed by atoms with E-state index in [0.717, 1.165) is 6.54 Å². The quantitative estimate of drug-likeness (QED) is 0.765. The van der Waals surface area contributed by atoms with Crippen LogP contribution in [-0.2, 0) is 16.1 Å². The lowest BCUT2D eigenvalue weighted by molar-refractivity contribution is -0.151. The number of carbonyl (C=O) groups is 1. The third-order valence-corrected chi connectivity index (χ3v) is 3.34. The van der Waals surface area contributed by atoms with E-state index >= 15 is 0 Å². The van der Waals surface area contributed by atoms with Crippen LogP contribution in [0.1, 0.15) is 30.5 Å². The van der Waals surface area contributed by atoms with Crippen molar-refractivity contribution >= 4 is 5.97 Å². The van der Waals surface area contributed by atoms with Crippen LogP contribution in [0.25, 0.3) is 0 Å². The number of nitrogens with zero attached hydrogens (tertiary/aromatic N) is 1. The maximum Gasteiger partial charge on any atom is 0.312 e. The predicted octanol–water partition coefficient (Wildman–Crippen LogP) is 2.93. The zero-order valence-corrected chi connectivity index (χ0v) is 12.9. The molecular weight excluding hydrogens is 238 g/mol. The Morgan fingerprint density at radius 3 is 2.47 bits per heavy atom. The largest absolute Gasteiger partial charge is 0.469 e. The molecule has 106 valence electrons. The van der Waals surface area contributed by atoms with E-state index in [0.29, 0.717) is 6.54 Å². The molecule has 0 fully saturated rings. The molecule has 3 nitrogen and oxygen atoms in total. The average molecular weight is 263 g/mol. The van der Waals surface area contributed by atoms with Crippen molar-refractivity contribution in [2.45, 2.75) is 34.2 Å². The fraction of sp³-hybridized carbons (Fsp3) is 0.562. The Morgan fingerprint density at radius 2 is 1.95 bits per heavy atom. The number of benzene rings is 1. The first-order valence-electron chi connectivity index (χ1n) is 6.59. The third kappa shape index (κ3) is 4.35. The molecule has 0 amide bonds. The van der Waals surface area contributed by atoms with Crippen molar-refractivity contribution in [1.82, 2.24) is 4.90 Å². The molecule has 0 atom stereocenters. The lowest BCUT2D eigenvalue weighted by atomic mass is 9.93. The number of ether oxygens (including phenoxy) is 1. The van der Waals surface area contributed by atoms with E-state index in [1.807, 2.05) is 20.9 Å². The second-order valence-electron chi connectivity index (χ2n) is 5.98. The topological polar surface area (TPSA) is 29.5 Å². The van der Waals surface area contributed by atoms with E-state index in [-0.39, 0.29) is 5.97 Å². The fourth-order valence-corrected chi connectivity index (χ4v) is 2.39. The summed E-state index contributed by atoms with van der Waals surface area (Å²) in [5.74, 6) is -0.167. The summed E-state index contributed by atoms with van der Waals surface area (Å²) < 4.78 is 4.84. The van der Waals surface area contributed by atoms with Crippen LogP contribution in [0.5, 0.6) is 0 Å². The molecule has 0 aliphatic heterocycles. The van der Waals surface area contributed by atoms with E-state index in [4.69, 9.17) is 4.74 Å². The Balaban J connectivity index is 2.70. The van der Waals surface area contributed by atoms with Crippen LogP contribution < -0.4 is 0 Å². The molecule has 19 heavy (non-hydrogen) atoms. The van der Waals surface area contributed by atoms with Crippen molar-refractivity contribution < 1.29 is 9.53 Å². The van der Waals surface area contributed by atoms with Gasteiger partial charge in [0.05, 0.1) is 12.5 Å². The van der Waals surface area contributed by atoms with Gasteiger partial charge in [-0.05, 0) is 45.9 Å². The number of carbonyl (C=O) groups excluding carboxylic acids is 1. The lowest BCUT2D eigenvalue weighted by Gasteiger charge is -2.28. The molecule has 0 aromatic heterocycles. The highest BCUT2D eigenvalue weighted by Crippen LogP contribution is 2.20. The van der Waals surface area contributed by atoms with Gasteiger partial charge in [0.1, 0.15) is 0 Å². The zero-order chi connectivity index (χ0) is 14.6. The summed E-state index contributed by atoms with van der Waals surface area (Å²) >= 11 is 0. The van der Waals surface area contributed by atoms with Gasteiger partial charge in [0.2, 0.25) is 0 Å². The Labute approximate surface area is 116 Å². The molecule has 0 aliphatic carbocycles. The van der Waals surface area contributed by atoms with E-state index in [2.05, 4.69) is 36.9 Å². The van der Waals surface area contributed by atoms with Crippen molar-refractivity contribution in [3.05, 3.63) is 34.9 Å². The number of hydrogen-bond acceptors (Lipinski definition) is 3. The highest BCUT2D eigenvalue weighted by molar-refractivity contribution is 5.76. The van der Waals surface area contributed by atoms with E-state index in [1.54, 1.807) is 0 Å². The zero-order valence-electron chi connectivity index (χ0n) is 12.9. The van der Waals surface area contributed by atoms with Crippen LogP contribution in [-0.4, -0.2) is 31.6 Å². The van der Waals surface area contributed by atoms with Crippen molar-refractivity contribution in [3.63, 3.8) is 0 Å². The number of hydrogen-bond donors (Lipinski definition) is 0. The van der Waals surface area contributed by atoms with Crippen LogP contribution >= 0.6 is 0 Å². The standard InChI is InChI=1S/C16H25NO2/c1-12-7-8-14(13(2)9-12)10-17(5)11-16(3,4)15(18)19-6/h7-9H,10-11H2,1-6H3. The highest BCUT2D eigenvalue weighted by Gasteiger charge is 2.30. The van der Waals surface area contributed by atoms with Gasteiger partial charge in [-0.1, -0.05) is 23.8 Å². The molecule has 0 radical (unpaired) electrons. The van der Waals surface area contributed by atoms with E-state index in [1.165, 1.54) is 23.8 Å². The molecule has 0 unspecified atom stereocenters. The van der Waals surface area contributed by atoms with Crippen LogP contribution in [0.3, 0.4) is 0 Å². The first-order chi connectivity index (χ1) is 8.76. The normalized spacial score (nSPS) is 11.7. The molecule has 1 aromatic carbocycles. The van der Waals surface area contributed by atoms with Gasteiger partial charge in [-0.2, -0.15) is 0 Å². The summed E-state index contributed by atoms with van der Waals surface area (Å²) in [5, 5.41) is 0. The Kier molecular flexibility index (Phi) is 5.12. The summed E-state index contributed by atoms with van der Waals surface area (Å²) in [4.78, 5) is 13.8. The second kappa shape index (κ2) is 6.20. The summed E-state index contributed by atoms with van der Waals surface area (Å²) in [6, 6.07) is 6.47. The van der Waals surface area contributed by atoms with E-state index in [9.17, 15) is 4.79 Å². The van der Waals surface area contributed by atoms with Gasteiger partial charge in [-0.15, -0.1) is 0 Å². The Hall–Kier alpha value is -1.35. The summed E-state index contributed by atoms with van der Waals surface area (Å²) in [5.41, 5.74) is 3.39. The maximum atomic E-state index is 11.7. The SMILES string of the molecule is COC(=O)C(C)(C)CN(C)Cc1ccc(C)cc1C. The average Bonchev–Trinajstić information content (AvgIpc) is 2.31. The molecule has 0 saturated carbocycles. The minimum atomic E-state index is -0.484. The molecule has 3 heteroatoms. The highest BCUT2D eigenvalue weighted by atomic mass is 16.5. The maximum absolute atomic E-state index is 11.7. The lowest BCUT2D eigenvalue weighted by Crippen LogP contribution is -2.37.